The molecule has 0 aliphatic rings. The molecule has 1 unspecified atom stereocenters. The second kappa shape index (κ2) is 14.3. The number of hydrogen-bond acceptors (Lipinski definition) is 8. The molecule has 3 amide bonds. The van der Waals surface area contributed by atoms with Gasteiger partial charge >= 0.3 is 5.91 Å². The van der Waals surface area contributed by atoms with Crippen LogP contribution in [0.4, 0.5) is 14.5 Å². The molecule has 5 rings (SSSR count). The molecular formula is C32H29F2N7O6. The van der Waals surface area contributed by atoms with E-state index in [2.05, 4.69) is 25.6 Å². The number of para-hydroxylation sites is 1. The maximum atomic E-state index is 14.2. The summed E-state index contributed by atoms with van der Waals surface area (Å²) in [5.41, 5.74) is 0.289. The lowest BCUT2D eigenvalue weighted by atomic mass is 10.1. The fourth-order valence-corrected chi connectivity index (χ4v) is 4.45. The van der Waals surface area contributed by atoms with Crippen LogP contribution in [0, 0.1) is 11.6 Å². The van der Waals surface area contributed by atoms with E-state index in [9.17, 15) is 28.0 Å². The van der Waals surface area contributed by atoms with Crippen molar-refractivity contribution in [2.45, 2.75) is 25.4 Å². The average Bonchev–Trinajstić information content (AvgIpc) is 3.73. The number of hydrogen-bond donors (Lipinski definition) is 3. The smallest absolute Gasteiger partial charge is 0.307 e. The SMILES string of the molecule is CN(C)C(=O)/C=C/CCC(NC(=O)c1ncco1)C(=O)Nc1cccn(Cc2nc3c(Oc4ccc(F)cc4F)cccc3[nH]2)c1=O. The quantitative estimate of drug-likeness (QED) is 0.172. The third-order valence-electron chi connectivity index (χ3n) is 6.81. The van der Waals surface area contributed by atoms with Crippen molar-refractivity contribution in [3.63, 3.8) is 0 Å². The second-order valence-corrected chi connectivity index (χ2v) is 10.4. The van der Waals surface area contributed by atoms with Gasteiger partial charge in [-0.3, -0.25) is 19.2 Å². The number of amides is 3. The number of aromatic amines is 1. The zero-order valence-electron chi connectivity index (χ0n) is 25.2. The molecule has 0 saturated carbocycles. The lowest BCUT2D eigenvalue weighted by Crippen LogP contribution is -2.44. The van der Waals surface area contributed by atoms with Gasteiger partial charge in [-0.25, -0.2) is 18.7 Å². The maximum absolute atomic E-state index is 14.2. The zero-order valence-corrected chi connectivity index (χ0v) is 25.2. The van der Waals surface area contributed by atoms with Crippen molar-refractivity contribution in [3.05, 3.63) is 113 Å². The predicted molar refractivity (Wildman–Crippen MR) is 166 cm³/mol. The first kappa shape index (κ1) is 32.3. The Balaban J connectivity index is 1.32. The van der Waals surface area contributed by atoms with E-state index in [1.54, 1.807) is 44.4 Å². The lowest BCUT2D eigenvalue weighted by molar-refractivity contribution is -0.123. The van der Waals surface area contributed by atoms with E-state index < -0.39 is 35.0 Å². The molecule has 0 radical (unpaired) electrons. The Kier molecular flexibility index (Phi) is 9.84. The fourth-order valence-electron chi connectivity index (χ4n) is 4.45. The van der Waals surface area contributed by atoms with Crippen molar-refractivity contribution in [3.8, 4) is 11.5 Å². The Bertz CT molecular complexity index is 2000. The van der Waals surface area contributed by atoms with E-state index in [0.717, 1.165) is 6.07 Å². The van der Waals surface area contributed by atoms with E-state index in [4.69, 9.17) is 9.15 Å². The summed E-state index contributed by atoms with van der Waals surface area (Å²) in [7, 11) is 3.20. The molecule has 15 heteroatoms. The normalized spacial score (nSPS) is 11.8. The van der Waals surface area contributed by atoms with Gasteiger partial charge in [-0.1, -0.05) is 12.1 Å². The third-order valence-corrected chi connectivity index (χ3v) is 6.81. The Morgan fingerprint density at radius 2 is 1.96 bits per heavy atom. The van der Waals surface area contributed by atoms with Crippen molar-refractivity contribution < 1.29 is 32.3 Å². The van der Waals surface area contributed by atoms with Crippen LogP contribution in [0.1, 0.15) is 29.4 Å². The molecule has 0 saturated heterocycles. The van der Waals surface area contributed by atoms with Crippen molar-refractivity contribution in [1.82, 2.24) is 29.7 Å². The van der Waals surface area contributed by atoms with Crippen LogP contribution in [-0.2, 0) is 16.1 Å². The van der Waals surface area contributed by atoms with Crippen LogP contribution in [0.15, 0.2) is 88.6 Å². The molecule has 3 aromatic heterocycles. The maximum Gasteiger partial charge on any atom is 0.307 e. The van der Waals surface area contributed by atoms with E-state index >= 15 is 0 Å². The van der Waals surface area contributed by atoms with Crippen LogP contribution in [0.25, 0.3) is 11.0 Å². The number of rotatable bonds is 12. The summed E-state index contributed by atoms with van der Waals surface area (Å²) in [6.45, 7) is -0.0312. The number of benzene rings is 2. The fraction of sp³-hybridized carbons (Fsp3) is 0.188. The van der Waals surface area contributed by atoms with Gasteiger partial charge in [0.1, 0.15) is 35.2 Å². The summed E-state index contributed by atoms with van der Waals surface area (Å²) in [4.78, 5) is 63.9. The van der Waals surface area contributed by atoms with Gasteiger partial charge < -0.3 is 34.2 Å². The van der Waals surface area contributed by atoms with Gasteiger partial charge in [-0.05, 0) is 55.3 Å². The van der Waals surface area contributed by atoms with Gasteiger partial charge in [-0.15, -0.1) is 0 Å². The van der Waals surface area contributed by atoms with Gasteiger partial charge in [-0.2, -0.15) is 0 Å². The minimum atomic E-state index is -1.11. The van der Waals surface area contributed by atoms with E-state index in [0.29, 0.717) is 22.9 Å². The molecular weight excluding hydrogens is 616 g/mol. The van der Waals surface area contributed by atoms with Crippen molar-refractivity contribution in [2.24, 2.45) is 0 Å². The summed E-state index contributed by atoms with van der Waals surface area (Å²) in [6, 6.07) is 9.78. The van der Waals surface area contributed by atoms with E-state index in [1.807, 2.05) is 0 Å². The van der Waals surface area contributed by atoms with E-state index in [1.165, 1.54) is 46.3 Å². The topological polar surface area (TPSA) is 164 Å². The van der Waals surface area contributed by atoms with Crippen molar-refractivity contribution in [2.75, 3.05) is 19.4 Å². The molecule has 3 heterocycles. The van der Waals surface area contributed by atoms with Gasteiger partial charge in [0.2, 0.25) is 11.8 Å². The largest absolute Gasteiger partial charge is 0.452 e. The number of pyridine rings is 1. The van der Waals surface area contributed by atoms with E-state index in [-0.39, 0.29) is 48.4 Å². The highest BCUT2D eigenvalue weighted by Gasteiger charge is 2.24. The molecule has 0 bridgehead atoms. The van der Waals surface area contributed by atoms with Crippen LogP contribution in [0.2, 0.25) is 0 Å². The molecule has 5 aromatic rings. The zero-order chi connectivity index (χ0) is 33.5. The number of allylic oxidation sites excluding steroid dienone is 1. The number of likely N-dealkylation sites (N-methyl/N-ethyl adjacent to an activating group) is 1. The van der Waals surface area contributed by atoms with Gasteiger partial charge in [0, 0.05) is 26.4 Å². The van der Waals surface area contributed by atoms with Gasteiger partial charge in [0.15, 0.2) is 17.3 Å². The monoisotopic (exact) mass is 645 g/mol. The van der Waals surface area contributed by atoms with Crippen LogP contribution >= 0.6 is 0 Å². The number of fused-ring (bicyclic) bond motifs is 1. The standard InChI is InChI=1S/C32H29F2N7O6/c1-40(2)27(42)11-4-3-7-22(37-30(44)31-35-14-16-46-31)29(43)38-23-9-6-15-41(32(23)45)18-26-36-21-8-5-10-25(28(21)39-26)47-24-13-12-19(33)17-20(24)34/h4-6,8-17,22H,3,7,18H2,1-2H3,(H,36,39)(H,37,44)(H,38,43)/b11-4+. The minimum Gasteiger partial charge on any atom is -0.452 e. The predicted octanol–water partition coefficient (Wildman–Crippen LogP) is 3.99. The molecule has 0 aliphatic heterocycles. The second-order valence-electron chi connectivity index (χ2n) is 10.4. The summed E-state index contributed by atoms with van der Waals surface area (Å²) < 4.78 is 39.5. The molecule has 3 N–H and O–H groups in total. The number of halogens is 2. The molecule has 242 valence electrons. The molecule has 0 aliphatic carbocycles. The molecule has 2 aromatic carbocycles. The van der Waals surface area contributed by atoms with Crippen LogP contribution in [0.3, 0.4) is 0 Å². The number of imidazole rings is 1. The van der Waals surface area contributed by atoms with Crippen molar-refractivity contribution in [1.29, 1.82) is 0 Å². The highest BCUT2D eigenvalue weighted by atomic mass is 19.1. The Morgan fingerprint density at radius 3 is 2.70 bits per heavy atom. The van der Waals surface area contributed by atoms with Crippen LogP contribution in [0.5, 0.6) is 11.5 Å². The average molecular weight is 646 g/mol. The molecule has 1 atom stereocenters. The number of H-pyrrole nitrogens is 1. The summed E-state index contributed by atoms with van der Waals surface area (Å²) >= 11 is 0. The number of anilines is 1. The number of nitrogens with zero attached hydrogens (tertiary/aromatic N) is 4. The third kappa shape index (κ3) is 7.94. The molecule has 0 spiro atoms. The number of carbonyl (C=O) groups is 3. The summed E-state index contributed by atoms with van der Waals surface area (Å²) in [5.74, 6) is -3.13. The Hall–Kier alpha value is -6.12. The number of carbonyl (C=O) groups excluding carboxylic acids is 3. The molecule has 13 nitrogen and oxygen atoms in total. The van der Waals surface area contributed by atoms with Gasteiger partial charge in [0.25, 0.3) is 11.4 Å². The van der Waals surface area contributed by atoms with Crippen LogP contribution < -0.4 is 20.9 Å². The first-order chi connectivity index (χ1) is 22.6. The van der Waals surface area contributed by atoms with Crippen LogP contribution in [-0.4, -0.2) is 62.3 Å². The number of oxazole rings is 1. The lowest BCUT2D eigenvalue weighted by Gasteiger charge is -2.17. The number of nitrogens with one attached hydrogen (secondary N) is 3. The molecule has 47 heavy (non-hydrogen) atoms. The first-order valence-electron chi connectivity index (χ1n) is 14.3. The Labute approximate surface area is 265 Å². The Morgan fingerprint density at radius 1 is 1.13 bits per heavy atom. The summed E-state index contributed by atoms with van der Waals surface area (Å²) in [6.07, 6.45) is 7.30. The highest BCUT2D eigenvalue weighted by molar-refractivity contribution is 5.99. The number of ether oxygens (including phenoxy) is 1. The summed E-state index contributed by atoms with van der Waals surface area (Å²) in [5, 5.41) is 5.13. The molecule has 0 fully saturated rings. The van der Waals surface area contributed by atoms with Gasteiger partial charge in [0.05, 0.1) is 18.3 Å². The number of aromatic nitrogens is 4. The van der Waals surface area contributed by atoms with Crippen molar-refractivity contribution >= 4 is 34.4 Å². The highest BCUT2D eigenvalue weighted by Crippen LogP contribution is 2.30. The first-order valence-corrected chi connectivity index (χ1v) is 14.3. The minimum absolute atomic E-state index is 0.0312.